The summed E-state index contributed by atoms with van der Waals surface area (Å²) >= 11 is 0. The lowest BCUT2D eigenvalue weighted by atomic mass is 10.1. The number of furan rings is 1. The first-order chi connectivity index (χ1) is 8.36. The summed E-state index contributed by atoms with van der Waals surface area (Å²) in [7, 11) is 1.71. The summed E-state index contributed by atoms with van der Waals surface area (Å²) in [5, 5.41) is 4.55. The molecular formula is C14H19NO2. The Morgan fingerprint density at radius 3 is 2.94 bits per heavy atom. The van der Waals surface area contributed by atoms with E-state index in [0.717, 1.165) is 31.7 Å². The van der Waals surface area contributed by atoms with Gasteiger partial charge in [-0.1, -0.05) is 25.1 Å². The van der Waals surface area contributed by atoms with Crippen LogP contribution in [0.15, 0.2) is 28.9 Å². The molecule has 0 saturated carbocycles. The number of para-hydroxylation sites is 1. The quantitative estimate of drug-likeness (QED) is 0.779. The molecule has 2 aromatic rings. The van der Waals surface area contributed by atoms with E-state index in [1.807, 2.05) is 6.26 Å². The fourth-order valence-corrected chi connectivity index (χ4v) is 1.98. The molecule has 0 saturated heterocycles. The lowest BCUT2D eigenvalue weighted by Gasteiger charge is -2.02. The minimum Gasteiger partial charge on any atom is -0.464 e. The van der Waals surface area contributed by atoms with Crippen LogP contribution in [-0.2, 0) is 17.7 Å². The van der Waals surface area contributed by atoms with E-state index in [4.69, 9.17) is 9.15 Å². The van der Waals surface area contributed by atoms with Crippen LogP contribution in [0.3, 0.4) is 0 Å². The molecule has 3 nitrogen and oxygen atoms in total. The highest BCUT2D eigenvalue weighted by atomic mass is 16.5. The number of methoxy groups -OCH3 is 1. The van der Waals surface area contributed by atoms with E-state index in [-0.39, 0.29) is 0 Å². The van der Waals surface area contributed by atoms with Gasteiger partial charge in [0.05, 0.1) is 12.9 Å². The van der Waals surface area contributed by atoms with E-state index in [0.29, 0.717) is 0 Å². The number of nitrogens with one attached hydrogen (secondary N) is 1. The van der Waals surface area contributed by atoms with Gasteiger partial charge in [0.1, 0.15) is 5.58 Å². The van der Waals surface area contributed by atoms with E-state index < -0.39 is 0 Å². The topological polar surface area (TPSA) is 34.4 Å². The predicted octanol–water partition coefficient (Wildman–Crippen LogP) is 2.73. The zero-order valence-corrected chi connectivity index (χ0v) is 10.5. The third kappa shape index (κ3) is 2.68. The first kappa shape index (κ1) is 12.1. The number of ether oxygens (including phenoxy) is 1. The van der Waals surface area contributed by atoms with Crippen molar-refractivity contribution in [2.24, 2.45) is 0 Å². The lowest BCUT2D eigenvalue weighted by Crippen LogP contribution is -2.18. The van der Waals surface area contributed by atoms with E-state index in [2.05, 4.69) is 30.4 Å². The molecule has 2 rings (SSSR count). The Labute approximate surface area is 102 Å². The Hall–Kier alpha value is -1.32. The van der Waals surface area contributed by atoms with Crippen LogP contribution in [0, 0.1) is 0 Å². The maximum atomic E-state index is 5.66. The van der Waals surface area contributed by atoms with Gasteiger partial charge in [-0.2, -0.15) is 0 Å². The standard InChI is InChI=1S/C14H19NO2/c1-3-11-5-4-6-13-12(10-17-14(11)13)9-15-7-8-16-2/h4-6,10,15H,3,7-9H2,1-2H3. The second-order valence-electron chi connectivity index (χ2n) is 4.08. The third-order valence-electron chi connectivity index (χ3n) is 2.94. The van der Waals surface area contributed by atoms with Crippen molar-refractivity contribution in [1.29, 1.82) is 0 Å². The molecule has 0 amide bonds. The van der Waals surface area contributed by atoms with Crippen molar-refractivity contribution < 1.29 is 9.15 Å². The SMILES string of the molecule is CCc1cccc2c(CNCCOC)coc12. The molecular weight excluding hydrogens is 214 g/mol. The normalized spacial score (nSPS) is 11.2. The summed E-state index contributed by atoms with van der Waals surface area (Å²) in [5.41, 5.74) is 3.51. The molecule has 0 spiro atoms. The van der Waals surface area contributed by atoms with Crippen LogP contribution in [0.5, 0.6) is 0 Å². The van der Waals surface area contributed by atoms with Crippen LogP contribution in [0.4, 0.5) is 0 Å². The molecule has 92 valence electrons. The molecule has 1 heterocycles. The van der Waals surface area contributed by atoms with Crippen molar-refractivity contribution in [3.63, 3.8) is 0 Å². The summed E-state index contributed by atoms with van der Waals surface area (Å²) in [4.78, 5) is 0. The van der Waals surface area contributed by atoms with Crippen molar-refractivity contribution in [3.05, 3.63) is 35.6 Å². The Balaban J connectivity index is 2.13. The first-order valence-electron chi connectivity index (χ1n) is 6.04. The van der Waals surface area contributed by atoms with Gasteiger partial charge in [-0.3, -0.25) is 0 Å². The smallest absolute Gasteiger partial charge is 0.137 e. The number of hydrogen-bond acceptors (Lipinski definition) is 3. The van der Waals surface area contributed by atoms with Gasteiger partial charge >= 0.3 is 0 Å². The summed E-state index contributed by atoms with van der Waals surface area (Å²) in [6.07, 6.45) is 2.85. The molecule has 0 aliphatic carbocycles. The van der Waals surface area contributed by atoms with Gasteiger partial charge in [0.15, 0.2) is 0 Å². The van der Waals surface area contributed by atoms with E-state index >= 15 is 0 Å². The fraction of sp³-hybridized carbons (Fsp3) is 0.429. The second-order valence-corrected chi connectivity index (χ2v) is 4.08. The minimum atomic E-state index is 0.732. The first-order valence-corrected chi connectivity index (χ1v) is 6.04. The molecule has 3 heteroatoms. The minimum absolute atomic E-state index is 0.732. The molecule has 1 aromatic carbocycles. The van der Waals surface area contributed by atoms with Crippen LogP contribution in [-0.4, -0.2) is 20.3 Å². The van der Waals surface area contributed by atoms with Gasteiger partial charge in [0, 0.05) is 31.1 Å². The fourth-order valence-electron chi connectivity index (χ4n) is 1.98. The van der Waals surface area contributed by atoms with Gasteiger partial charge < -0.3 is 14.5 Å². The monoisotopic (exact) mass is 233 g/mol. The van der Waals surface area contributed by atoms with Gasteiger partial charge in [-0.15, -0.1) is 0 Å². The Kier molecular flexibility index (Phi) is 4.18. The number of rotatable bonds is 6. The van der Waals surface area contributed by atoms with Crippen LogP contribution in [0.1, 0.15) is 18.1 Å². The average molecular weight is 233 g/mol. The third-order valence-corrected chi connectivity index (χ3v) is 2.94. The van der Waals surface area contributed by atoms with Crippen LogP contribution < -0.4 is 5.32 Å². The highest BCUT2D eigenvalue weighted by Gasteiger charge is 2.07. The number of fused-ring (bicyclic) bond motifs is 1. The highest BCUT2D eigenvalue weighted by Crippen LogP contribution is 2.24. The van der Waals surface area contributed by atoms with Crippen molar-refractivity contribution >= 4 is 11.0 Å². The molecule has 1 N–H and O–H groups in total. The Morgan fingerprint density at radius 2 is 2.18 bits per heavy atom. The lowest BCUT2D eigenvalue weighted by molar-refractivity contribution is 0.199. The second kappa shape index (κ2) is 5.84. The summed E-state index contributed by atoms with van der Waals surface area (Å²) < 4.78 is 10.7. The molecule has 0 atom stereocenters. The maximum Gasteiger partial charge on any atom is 0.137 e. The number of hydrogen-bond donors (Lipinski definition) is 1. The van der Waals surface area contributed by atoms with Crippen molar-refractivity contribution in [2.45, 2.75) is 19.9 Å². The molecule has 0 fully saturated rings. The van der Waals surface area contributed by atoms with Gasteiger partial charge in [0.25, 0.3) is 0 Å². The average Bonchev–Trinajstić information content (AvgIpc) is 2.78. The van der Waals surface area contributed by atoms with Crippen molar-refractivity contribution in [2.75, 3.05) is 20.3 Å². The van der Waals surface area contributed by atoms with Crippen molar-refractivity contribution in [3.8, 4) is 0 Å². The Bertz CT molecular complexity index is 476. The molecule has 1 aromatic heterocycles. The van der Waals surface area contributed by atoms with Gasteiger partial charge in [0.2, 0.25) is 0 Å². The largest absolute Gasteiger partial charge is 0.464 e. The van der Waals surface area contributed by atoms with Crippen molar-refractivity contribution in [1.82, 2.24) is 5.32 Å². The molecule has 0 radical (unpaired) electrons. The van der Waals surface area contributed by atoms with E-state index in [9.17, 15) is 0 Å². The number of benzene rings is 1. The number of aryl methyl sites for hydroxylation is 1. The molecule has 17 heavy (non-hydrogen) atoms. The predicted molar refractivity (Wildman–Crippen MR) is 69.2 cm³/mol. The molecule has 0 aliphatic heterocycles. The zero-order valence-electron chi connectivity index (χ0n) is 10.5. The molecule has 0 aliphatic rings. The van der Waals surface area contributed by atoms with Gasteiger partial charge in [-0.05, 0) is 12.0 Å². The molecule has 0 bridgehead atoms. The Morgan fingerprint density at radius 1 is 1.29 bits per heavy atom. The van der Waals surface area contributed by atoms with Crippen LogP contribution in [0.2, 0.25) is 0 Å². The summed E-state index contributed by atoms with van der Waals surface area (Å²) in [5.74, 6) is 0. The van der Waals surface area contributed by atoms with E-state index in [1.165, 1.54) is 16.5 Å². The van der Waals surface area contributed by atoms with Crippen LogP contribution in [0.25, 0.3) is 11.0 Å². The van der Waals surface area contributed by atoms with Crippen LogP contribution >= 0.6 is 0 Å². The highest BCUT2D eigenvalue weighted by molar-refractivity contribution is 5.83. The van der Waals surface area contributed by atoms with E-state index in [1.54, 1.807) is 7.11 Å². The van der Waals surface area contributed by atoms with Gasteiger partial charge in [-0.25, -0.2) is 0 Å². The molecule has 0 unspecified atom stereocenters. The maximum absolute atomic E-state index is 5.66. The summed E-state index contributed by atoms with van der Waals surface area (Å²) in [6, 6.07) is 6.33. The zero-order chi connectivity index (χ0) is 12.1. The summed E-state index contributed by atoms with van der Waals surface area (Å²) in [6.45, 7) is 4.56.